The minimum atomic E-state index is -0.396. The van der Waals surface area contributed by atoms with E-state index in [0.29, 0.717) is 0 Å². The molecule has 0 spiro atoms. The van der Waals surface area contributed by atoms with Crippen molar-refractivity contribution < 1.29 is 14.3 Å². The van der Waals surface area contributed by atoms with Gasteiger partial charge in [-0.25, -0.2) is 0 Å². The second-order valence-corrected chi connectivity index (χ2v) is 3.19. The number of hydrogen-bond donors (Lipinski definition) is 0. The number of hydrogen-bond acceptors (Lipinski definition) is 3. The van der Waals surface area contributed by atoms with Crippen LogP contribution in [-0.2, 0) is 14.3 Å². The van der Waals surface area contributed by atoms with Crippen LogP contribution in [0, 0.1) is 0 Å². The highest BCUT2D eigenvalue weighted by molar-refractivity contribution is 5.94. The van der Waals surface area contributed by atoms with Gasteiger partial charge in [0.25, 0.3) is 0 Å². The Morgan fingerprint density at radius 2 is 1.92 bits per heavy atom. The van der Waals surface area contributed by atoms with Crippen molar-refractivity contribution in [3.8, 4) is 0 Å². The van der Waals surface area contributed by atoms with E-state index < -0.39 is 5.97 Å². The van der Waals surface area contributed by atoms with Crippen molar-refractivity contribution in [2.45, 2.75) is 52.6 Å². The standard InChI is InChI=1S/C10H18O3/c1-4-6-9(5-2)13-10(12)7-8(3)11/h9H,4-7H2,1-3H3. The van der Waals surface area contributed by atoms with Crippen molar-refractivity contribution in [3.05, 3.63) is 0 Å². The van der Waals surface area contributed by atoms with Gasteiger partial charge in [0, 0.05) is 0 Å². The largest absolute Gasteiger partial charge is 0.462 e. The summed E-state index contributed by atoms with van der Waals surface area (Å²) in [6.07, 6.45) is 2.57. The molecule has 0 bridgehead atoms. The lowest BCUT2D eigenvalue weighted by molar-refractivity contribution is -0.151. The van der Waals surface area contributed by atoms with Crippen molar-refractivity contribution in [2.24, 2.45) is 0 Å². The van der Waals surface area contributed by atoms with E-state index in [9.17, 15) is 9.59 Å². The van der Waals surface area contributed by atoms with Crippen LogP contribution in [-0.4, -0.2) is 17.9 Å². The lowest BCUT2D eigenvalue weighted by Gasteiger charge is -2.14. The number of Topliss-reactive ketones (excluding diaryl/α,β-unsaturated/α-hetero) is 1. The summed E-state index contributed by atoms with van der Waals surface area (Å²) in [6, 6.07) is 0. The molecule has 0 amide bonds. The fourth-order valence-electron chi connectivity index (χ4n) is 1.10. The van der Waals surface area contributed by atoms with Gasteiger partial charge in [0.15, 0.2) is 0 Å². The number of ketones is 1. The Hall–Kier alpha value is -0.860. The molecule has 3 nitrogen and oxygen atoms in total. The molecule has 0 aromatic rings. The van der Waals surface area contributed by atoms with E-state index in [4.69, 9.17) is 4.74 Å². The zero-order valence-electron chi connectivity index (χ0n) is 8.63. The van der Waals surface area contributed by atoms with Crippen LogP contribution in [0.2, 0.25) is 0 Å². The van der Waals surface area contributed by atoms with E-state index in [1.165, 1.54) is 6.92 Å². The number of rotatable bonds is 6. The Labute approximate surface area is 79.5 Å². The topological polar surface area (TPSA) is 43.4 Å². The van der Waals surface area contributed by atoms with Gasteiger partial charge in [0.1, 0.15) is 18.3 Å². The molecule has 1 unspecified atom stereocenters. The van der Waals surface area contributed by atoms with Gasteiger partial charge >= 0.3 is 5.97 Å². The minimum Gasteiger partial charge on any atom is -0.462 e. The quantitative estimate of drug-likeness (QED) is 0.471. The van der Waals surface area contributed by atoms with Crippen LogP contribution < -0.4 is 0 Å². The molecule has 0 rings (SSSR count). The van der Waals surface area contributed by atoms with Crippen molar-refractivity contribution in [3.63, 3.8) is 0 Å². The molecule has 0 N–H and O–H groups in total. The SMILES string of the molecule is CCCC(CC)OC(=O)CC(C)=O. The van der Waals surface area contributed by atoms with E-state index in [2.05, 4.69) is 0 Å². The van der Waals surface area contributed by atoms with Crippen molar-refractivity contribution >= 4 is 11.8 Å². The van der Waals surface area contributed by atoms with E-state index in [1.807, 2.05) is 13.8 Å². The zero-order chi connectivity index (χ0) is 10.3. The third-order valence-corrected chi connectivity index (χ3v) is 1.76. The molecule has 0 saturated heterocycles. The van der Waals surface area contributed by atoms with Crippen molar-refractivity contribution in [2.75, 3.05) is 0 Å². The summed E-state index contributed by atoms with van der Waals surface area (Å²) >= 11 is 0. The summed E-state index contributed by atoms with van der Waals surface area (Å²) in [5.41, 5.74) is 0. The number of ether oxygens (including phenoxy) is 1. The van der Waals surface area contributed by atoms with Gasteiger partial charge in [-0.2, -0.15) is 0 Å². The van der Waals surface area contributed by atoms with Gasteiger partial charge < -0.3 is 4.74 Å². The minimum absolute atomic E-state index is 0.0168. The second-order valence-electron chi connectivity index (χ2n) is 3.19. The first-order valence-corrected chi connectivity index (χ1v) is 4.79. The Balaban J connectivity index is 3.79. The molecule has 13 heavy (non-hydrogen) atoms. The number of esters is 1. The third-order valence-electron chi connectivity index (χ3n) is 1.76. The van der Waals surface area contributed by atoms with Gasteiger partial charge in [-0.1, -0.05) is 20.3 Å². The van der Waals surface area contributed by atoms with Crippen LogP contribution in [0.3, 0.4) is 0 Å². The monoisotopic (exact) mass is 186 g/mol. The third kappa shape index (κ3) is 6.31. The molecule has 0 aromatic heterocycles. The molecule has 0 heterocycles. The summed E-state index contributed by atoms with van der Waals surface area (Å²) in [4.78, 5) is 21.6. The van der Waals surface area contributed by atoms with Crippen LogP contribution >= 0.6 is 0 Å². The normalized spacial score (nSPS) is 12.2. The Morgan fingerprint density at radius 1 is 1.31 bits per heavy atom. The second kappa shape index (κ2) is 6.63. The van der Waals surface area contributed by atoms with Gasteiger partial charge in [-0.15, -0.1) is 0 Å². The van der Waals surface area contributed by atoms with Gasteiger partial charge in [-0.05, 0) is 19.8 Å². The number of carbonyl (C=O) groups is 2. The highest BCUT2D eigenvalue weighted by Gasteiger charge is 2.12. The predicted molar refractivity (Wildman–Crippen MR) is 50.4 cm³/mol. The lowest BCUT2D eigenvalue weighted by atomic mass is 10.1. The highest BCUT2D eigenvalue weighted by Crippen LogP contribution is 2.07. The average Bonchev–Trinajstić information content (AvgIpc) is 2.02. The van der Waals surface area contributed by atoms with E-state index in [0.717, 1.165) is 19.3 Å². The smallest absolute Gasteiger partial charge is 0.313 e. The maximum Gasteiger partial charge on any atom is 0.313 e. The molecule has 3 heteroatoms. The summed E-state index contributed by atoms with van der Waals surface area (Å²) < 4.78 is 5.09. The van der Waals surface area contributed by atoms with Crippen molar-refractivity contribution in [1.29, 1.82) is 0 Å². The molecule has 0 radical (unpaired) electrons. The van der Waals surface area contributed by atoms with Crippen LogP contribution in [0.25, 0.3) is 0 Å². The maximum absolute atomic E-state index is 11.1. The van der Waals surface area contributed by atoms with E-state index >= 15 is 0 Å². The number of carbonyl (C=O) groups excluding carboxylic acids is 2. The van der Waals surface area contributed by atoms with Crippen LogP contribution in [0.5, 0.6) is 0 Å². The van der Waals surface area contributed by atoms with Crippen molar-refractivity contribution in [1.82, 2.24) is 0 Å². The predicted octanol–water partition coefficient (Wildman–Crippen LogP) is 2.09. The fourth-order valence-corrected chi connectivity index (χ4v) is 1.10. The molecule has 76 valence electrons. The first-order valence-electron chi connectivity index (χ1n) is 4.79. The summed E-state index contributed by atoms with van der Waals surface area (Å²) in [7, 11) is 0. The first kappa shape index (κ1) is 12.1. The molecular weight excluding hydrogens is 168 g/mol. The Bertz CT molecular complexity index is 175. The lowest BCUT2D eigenvalue weighted by Crippen LogP contribution is -2.18. The van der Waals surface area contributed by atoms with E-state index in [-0.39, 0.29) is 18.3 Å². The molecule has 0 fully saturated rings. The molecule has 0 aliphatic rings. The fraction of sp³-hybridized carbons (Fsp3) is 0.800. The van der Waals surface area contributed by atoms with Gasteiger partial charge in [0.05, 0.1) is 0 Å². The highest BCUT2D eigenvalue weighted by atomic mass is 16.5. The average molecular weight is 186 g/mol. The summed E-state index contributed by atoms with van der Waals surface area (Å²) in [6.45, 7) is 5.41. The maximum atomic E-state index is 11.1. The van der Waals surface area contributed by atoms with Crippen LogP contribution in [0.1, 0.15) is 46.5 Å². The van der Waals surface area contributed by atoms with Gasteiger partial charge in [0.2, 0.25) is 0 Å². The first-order chi connectivity index (χ1) is 6.10. The van der Waals surface area contributed by atoms with Crippen LogP contribution in [0.15, 0.2) is 0 Å². The van der Waals surface area contributed by atoms with E-state index in [1.54, 1.807) is 0 Å². The molecular formula is C10H18O3. The zero-order valence-corrected chi connectivity index (χ0v) is 8.63. The Morgan fingerprint density at radius 3 is 2.31 bits per heavy atom. The molecule has 1 atom stereocenters. The van der Waals surface area contributed by atoms with Gasteiger partial charge in [-0.3, -0.25) is 9.59 Å². The summed E-state index contributed by atoms with van der Waals surface area (Å²) in [5, 5.41) is 0. The molecule has 0 saturated carbocycles. The molecule has 0 aliphatic heterocycles. The summed E-state index contributed by atoms with van der Waals surface area (Å²) in [5.74, 6) is -0.538. The molecule has 0 aromatic carbocycles. The van der Waals surface area contributed by atoms with Crippen LogP contribution in [0.4, 0.5) is 0 Å². The molecule has 0 aliphatic carbocycles. The Kier molecular flexibility index (Phi) is 6.20.